The van der Waals surface area contributed by atoms with E-state index in [1.165, 1.54) is 0 Å². The van der Waals surface area contributed by atoms with Crippen LogP contribution in [0.25, 0.3) is 11.4 Å². The summed E-state index contributed by atoms with van der Waals surface area (Å²) in [4.78, 5) is 33.4. The van der Waals surface area contributed by atoms with E-state index < -0.39 is 0 Å². The zero-order valence-electron chi connectivity index (χ0n) is 18.0. The van der Waals surface area contributed by atoms with Crippen LogP contribution in [0, 0.1) is 18.8 Å². The Labute approximate surface area is 191 Å². The first-order valence-corrected chi connectivity index (χ1v) is 11.2. The first-order chi connectivity index (χ1) is 15.5. The Balaban J connectivity index is 1.46. The van der Waals surface area contributed by atoms with Crippen molar-refractivity contribution in [3.63, 3.8) is 0 Å². The largest absolute Gasteiger partial charge is 0.475 e. The zero-order chi connectivity index (χ0) is 22.2. The number of aromatic nitrogens is 4. The Hall–Kier alpha value is -3.06. The molecule has 2 atom stereocenters. The van der Waals surface area contributed by atoms with Gasteiger partial charge in [-0.05, 0) is 55.9 Å². The van der Waals surface area contributed by atoms with Crippen molar-refractivity contribution in [2.45, 2.75) is 38.8 Å². The lowest BCUT2D eigenvalue weighted by Gasteiger charge is -2.57. The van der Waals surface area contributed by atoms with Crippen LogP contribution in [0.3, 0.4) is 0 Å². The minimum absolute atomic E-state index is 0.0654. The quantitative estimate of drug-likeness (QED) is 0.580. The van der Waals surface area contributed by atoms with E-state index in [1.807, 2.05) is 24.0 Å². The molecule has 1 amide bonds. The number of halogens is 1. The molecule has 5 heterocycles. The zero-order valence-corrected chi connectivity index (χ0v) is 18.7. The van der Waals surface area contributed by atoms with Crippen LogP contribution in [-0.2, 0) is 0 Å². The molecule has 1 saturated carbocycles. The second kappa shape index (κ2) is 8.47. The average Bonchev–Trinajstić information content (AvgIpc) is 2.78. The van der Waals surface area contributed by atoms with E-state index in [2.05, 4.69) is 26.9 Å². The molecular weight excluding hydrogens is 426 g/mol. The van der Waals surface area contributed by atoms with Gasteiger partial charge in [0.05, 0.1) is 16.6 Å². The van der Waals surface area contributed by atoms with Gasteiger partial charge in [-0.3, -0.25) is 4.79 Å². The third kappa shape index (κ3) is 3.81. The Morgan fingerprint density at radius 1 is 1.16 bits per heavy atom. The third-order valence-corrected chi connectivity index (χ3v) is 6.85. The van der Waals surface area contributed by atoms with Crippen molar-refractivity contribution >= 4 is 17.5 Å². The maximum atomic E-state index is 13.9. The lowest BCUT2D eigenvalue weighted by Crippen LogP contribution is -2.64. The number of pyridine rings is 2. The molecule has 6 rings (SSSR count). The average molecular weight is 450 g/mol. The molecule has 0 aromatic carbocycles. The summed E-state index contributed by atoms with van der Waals surface area (Å²) in [6, 6.07) is 9.14. The predicted octanol–water partition coefficient (Wildman–Crippen LogP) is 4.21. The molecule has 0 N–H and O–H groups in total. The molecule has 32 heavy (non-hydrogen) atoms. The molecule has 1 aliphatic carbocycles. The van der Waals surface area contributed by atoms with Crippen LogP contribution >= 0.6 is 11.6 Å². The monoisotopic (exact) mass is 449 g/mol. The van der Waals surface area contributed by atoms with Crippen LogP contribution in [0.15, 0.2) is 48.9 Å². The fourth-order valence-corrected chi connectivity index (χ4v) is 4.86. The van der Waals surface area contributed by atoms with Gasteiger partial charge in [-0.15, -0.1) is 0 Å². The van der Waals surface area contributed by atoms with Gasteiger partial charge in [-0.1, -0.05) is 18.5 Å². The van der Waals surface area contributed by atoms with Gasteiger partial charge in [0.2, 0.25) is 5.88 Å². The number of aryl methyl sites for hydroxylation is 1. The Morgan fingerprint density at radius 2 is 1.94 bits per heavy atom. The van der Waals surface area contributed by atoms with E-state index in [1.54, 1.807) is 36.8 Å². The second-order valence-corrected chi connectivity index (χ2v) is 9.01. The van der Waals surface area contributed by atoms with Crippen LogP contribution in [0.4, 0.5) is 0 Å². The smallest absolute Gasteiger partial charge is 0.273 e. The summed E-state index contributed by atoms with van der Waals surface area (Å²) in [6.07, 6.45) is 6.94. The fourth-order valence-electron chi connectivity index (χ4n) is 4.75. The number of hydrogen-bond donors (Lipinski definition) is 0. The van der Waals surface area contributed by atoms with E-state index in [0.717, 1.165) is 18.5 Å². The summed E-state index contributed by atoms with van der Waals surface area (Å²) in [5, 5.41) is 0.558. The summed E-state index contributed by atoms with van der Waals surface area (Å²) < 4.78 is 5.99. The SMILES string of the molecule is Cc1ccc(-c2ncccn2)c(C(=O)N2C3CC(C3)[C@H](C)[C@H]2COc2ccc(Cl)cn2)n1. The van der Waals surface area contributed by atoms with Crippen LogP contribution in [-0.4, -0.2) is 49.4 Å². The minimum atomic E-state index is -0.0937. The molecule has 0 spiro atoms. The number of fused-ring (bicyclic) bond motifs is 2. The number of carbonyl (C=O) groups excluding carboxylic acids is 1. The summed E-state index contributed by atoms with van der Waals surface area (Å²) in [5.41, 5.74) is 1.82. The van der Waals surface area contributed by atoms with E-state index in [9.17, 15) is 4.79 Å². The van der Waals surface area contributed by atoms with Crippen LogP contribution in [0.5, 0.6) is 5.88 Å². The van der Waals surface area contributed by atoms with E-state index in [-0.39, 0.29) is 18.0 Å². The van der Waals surface area contributed by atoms with Crippen molar-refractivity contribution in [3.05, 3.63) is 65.3 Å². The van der Waals surface area contributed by atoms with Gasteiger partial charge < -0.3 is 9.64 Å². The summed E-state index contributed by atoms with van der Waals surface area (Å²) in [5.74, 6) is 1.83. The Morgan fingerprint density at radius 3 is 2.66 bits per heavy atom. The Kier molecular flexibility index (Phi) is 5.51. The molecular formula is C24H24ClN5O2. The van der Waals surface area contributed by atoms with Crippen LogP contribution < -0.4 is 4.74 Å². The van der Waals surface area contributed by atoms with Crippen molar-refractivity contribution in [1.29, 1.82) is 0 Å². The standard InChI is InChI=1S/C24H24ClN5O2/c1-14-4-6-19(23-26-8-3-9-27-23)22(29-14)24(31)30-18-10-16(11-18)15(2)20(30)13-32-21-7-5-17(25)12-28-21/h3-9,12,15-16,18,20H,10-11,13H2,1-2H3/t15-,16?,18?,20+/m0/s1. The number of amides is 1. The first kappa shape index (κ1) is 20.8. The molecule has 0 unspecified atom stereocenters. The van der Waals surface area contributed by atoms with Crippen molar-refractivity contribution in [3.8, 4) is 17.3 Å². The number of carbonyl (C=O) groups is 1. The van der Waals surface area contributed by atoms with Crippen molar-refractivity contribution in [1.82, 2.24) is 24.8 Å². The lowest BCUT2D eigenvalue weighted by atomic mass is 9.64. The number of ether oxygens (including phenoxy) is 1. The summed E-state index contributed by atoms with van der Waals surface area (Å²) in [7, 11) is 0. The van der Waals surface area contributed by atoms with Gasteiger partial charge in [0.15, 0.2) is 5.82 Å². The normalized spacial score (nSPS) is 24.0. The fraction of sp³-hybridized carbons (Fsp3) is 0.375. The molecule has 2 saturated heterocycles. The topological polar surface area (TPSA) is 81.1 Å². The predicted molar refractivity (Wildman–Crippen MR) is 120 cm³/mol. The molecule has 164 valence electrons. The highest BCUT2D eigenvalue weighted by atomic mass is 35.5. The molecule has 3 aromatic heterocycles. The minimum Gasteiger partial charge on any atom is -0.475 e. The molecule has 2 aliphatic heterocycles. The molecule has 3 aromatic rings. The number of hydrogen-bond acceptors (Lipinski definition) is 6. The highest BCUT2D eigenvalue weighted by Crippen LogP contribution is 2.47. The Bertz CT molecular complexity index is 1120. The maximum Gasteiger partial charge on any atom is 0.273 e. The van der Waals surface area contributed by atoms with E-state index in [0.29, 0.717) is 46.4 Å². The van der Waals surface area contributed by atoms with Crippen molar-refractivity contribution in [2.75, 3.05) is 6.61 Å². The van der Waals surface area contributed by atoms with Gasteiger partial charge in [0, 0.05) is 36.4 Å². The van der Waals surface area contributed by atoms with Crippen LogP contribution in [0.2, 0.25) is 5.02 Å². The van der Waals surface area contributed by atoms with E-state index in [4.69, 9.17) is 16.3 Å². The molecule has 3 aliphatic rings. The summed E-state index contributed by atoms with van der Waals surface area (Å²) in [6.45, 7) is 4.46. The summed E-state index contributed by atoms with van der Waals surface area (Å²) >= 11 is 5.93. The lowest BCUT2D eigenvalue weighted by molar-refractivity contribution is -0.0676. The third-order valence-electron chi connectivity index (χ3n) is 6.63. The van der Waals surface area contributed by atoms with Crippen LogP contribution in [0.1, 0.15) is 35.9 Å². The van der Waals surface area contributed by atoms with Gasteiger partial charge in [0.1, 0.15) is 12.3 Å². The second-order valence-electron chi connectivity index (χ2n) is 8.57. The molecule has 8 heteroatoms. The van der Waals surface area contributed by atoms with Crippen molar-refractivity contribution in [2.24, 2.45) is 11.8 Å². The molecule has 3 fully saturated rings. The number of piperidine rings is 2. The highest BCUT2D eigenvalue weighted by Gasteiger charge is 2.51. The van der Waals surface area contributed by atoms with Gasteiger partial charge >= 0.3 is 0 Å². The molecule has 2 bridgehead atoms. The highest BCUT2D eigenvalue weighted by molar-refractivity contribution is 6.30. The van der Waals surface area contributed by atoms with E-state index >= 15 is 0 Å². The van der Waals surface area contributed by atoms with Gasteiger partial charge in [-0.2, -0.15) is 0 Å². The molecule has 7 nitrogen and oxygen atoms in total. The number of rotatable bonds is 5. The van der Waals surface area contributed by atoms with Crippen molar-refractivity contribution < 1.29 is 9.53 Å². The molecule has 0 radical (unpaired) electrons. The number of nitrogens with zero attached hydrogens (tertiary/aromatic N) is 5. The maximum absolute atomic E-state index is 13.9. The first-order valence-electron chi connectivity index (χ1n) is 10.8. The van der Waals surface area contributed by atoms with Gasteiger partial charge in [0.25, 0.3) is 5.91 Å². The van der Waals surface area contributed by atoms with Gasteiger partial charge in [-0.25, -0.2) is 19.9 Å².